The topological polar surface area (TPSA) is 30.5 Å². The molecule has 3 nitrogen and oxygen atoms in total. The summed E-state index contributed by atoms with van der Waals surface area (Å²) in [5.74, 6) is 1.53. The molecule has 0 bridgehead atoms. The van der Waals surface area contributed by atoms with Gasteiger partial charge in [0, 0.05) is 18.3 Å². The summed E-state index contributed by atoms with van der Waals surface area (Å²) in [6.45, 7) is 5.48. The zero-order valence-electron chi connectivity index (χ0n) is 12.3. The van der Waals surface area contributed by atoms with Gasteiger partial charge in [-0.15, -0.1) is 0 Å². The molecule has 106 valence electrons. The molecule has 0 unspecified atom stereocenters. The Kier molecular flexibility index (Phi) is 4.88. The largest absolute Gasteiger partial charge is 0.493 e. The van der Waals surface area contributed by atoms with Gasteiger partial charge in [-0.2, -0.15) is 0 Å². The molecule has 20 heavy (non-hydrogen) atoms. The minimum Gasteiger partial charge on any atom is -0.493 e. The molecule has 0 aliphatic carbocycles. The fourth-order valence-corrected chi connectivity index (χ4v) is 2.08. The maximum atomic E-state index is 5.57. The number of hydrogen-bond acceptors (Lipinski definition) is 3. The van der Waals surface area contributed by atoms with Gasteiger partial charge in [0.15, 0.2) is 11.5 Å². The highest BCUT2D eigenvalue weighted by Gasteiger charge is 2.05. The van der Waals surface area contributed by atoms with Crippen LogP contribution in [-0.2, 0) is 6.54 Å². The van der Waals surface area contributed by atoms with Crippen LogP contribution in [0.15, 0.2) is 42.5 Å². The van der Waals surface area contributed by atoms with Gasteiger partial charge in [-0.05, 0) is 31.5 Å². The fraction of sp³-hybridized carbons (Fsp3) is 0.294. The Morgan fingerprint density at radius 2 is 1.90 bits per heavy atom. The van der Waals surface area contributed by atoms with E-state index in [9.17, 15) is 0 Å². The van der Waals surface area contributed by atoms with Crippen LogP contribution in [0.1, 0.15) is 18.1 Å². The van der Waals surface area contributed by atoms with Crippen LogP contribution in [0.4, 0.5) is 5.69 Å². The second-order valence-corrected chi connectivity index (χ2v) is 4.64. The Morgan fingerprint density at radius 1 is 1.05 bits per heavy atom. The fourth-order valence-electron chi connectivity index (χ4n) is 2.08. The average Bonchev–Trinajstić information content (AvgIpc) is 2.46. The molecule has 3 heteroatoms. The zero-order chi connectivity index (χ0) is 14.4. The van der Waals surface area contributed by atoms with Crippen molar-refractivity contribution in [3.8, 4) is 11.5 Å². The predicted octanol–water partition coefficient (Wildman–Crippen LogP) is 4.01. The number of methoxy groups -OCH3 is 1. The molecule has 2 aromatic rings. The van der Waals surface area contributed by atoms with Crippen LogP contribution >= 0.6 is 0 Å². The van der Waals surface area contributed by atoms with E-state index in [2.05, 4.69) is 36.5 Å². The third-order valence-electron chi connectivity index (χ3n) is 3.04. The molecule has 0 amide bonds. The molecule has 0 radical (unpaired) electrons. The van der Waals surface area contributed by atoms with E-state index in [1.54, 1.807) is 7.11 Å². The van der Waals surface area contributed by atoms with Crippen LogP contribution in [0.2, 0.25) is 0 Å². The molecule has 0 aromatic heterocycles. The van der Waals surface area contributed by atoms with Gasteiger partial charge in [-0.1, -0.05) is 29.8 Å². The van der Waals surface area contributed by atoms with E-state index in [1.165, 1.54) is 11.1 Å². The number of benzene rings is 2. The standard InChI is InChI=1S/C17H21NO2/c1-4-20-17-11-15(8-9-16(17)19-3)18-12-14-7-5-6-13(2)10-14/h5-11,18H,4,12H2,1-3H3. The monoisotopic (exact) mass is 271 g/mol. The Morgan fingerprint density at radius 3 is 2.60 bits per heavy atom. The lowest BCUT2D eigenvalue weighted by Gasteiger charge is -2.12. The van der Waals surface area contributed by atoms with Crippen LogP contribution in [0.5, 0.6) is 11.5 Å². The van der Waals surface area contributed by atoms with Gasteiger partial charge < -0.3 is 14.8 Å². The molecule has 0 aliphatic rings. The first kappa shape index (κ1) is 14.3. The summed E-state index contributed by atoms with van der Waals surface area (Å²) in [4.78, 5) is 0. The minimum atomic E-state index is 0.623. The van der Waals surface area contributed by atoms with Crippen molar-refractivity contribution < 1.29 is 9.47 Å². The van der Waals surface area contributed by atoms with Gasteiger partial charge in [-0.3, -0.25) is 0 Å². The van der Waals surface area contributed by atoms with Crippen LogP contribution in [0.25, 0.3) is 0 Å². The lowest BCUT2D eigenvalue weighted by molar-refractivity contribution is 0.311. The summed E-state index contributed by atoms with van der Waals surface area (Å²) in [6, 6.07) is 14.4. The second-order valence-electron chi connectivity index (χ2n) is 4.64. The van der Waals surface area contributed by atoms with E-state index in [4.69, 9.17) is 9.47 Å². The number of nitrogens with one attached hydrogen (secondary N) is 1. The summed E-state index contributed by atoms with van der Waals surface area (Å²) < 4.78 is 10.9. The van der Waals surface area contributed by atoms with Crippen LogP contribution in [-0.4, -0.2) is 13.7 Å². The van der Waals surface area contributed by atoms with E-state index in [0.29, 0.717) is 6.61 Å². The van der Waals surface area contributed by atoms with Gasteiger partial charge in [0.2, 0.25) is 0 Å². The van der Waals surface area contributed by atoms with Gasteiger partial charge in [0.25, 0.3) is 0 Å². The Balaban J connectivity index is 2.07. The first-order chi connectivity index (χ1) is 9.72. The lowest BCUT2D eigenvalue weighted by Crippen LogP contribution is -2.01. The lowest BCUT2D eigenvalue weighted by atomic mass is 10.1. The normalized spacial score (nSPS) is 10.2. The van der Waals surface area contributed by atoms with E-state index in [-0.39, 0.29) is 0 Å². The van der Waals surface area contributed by atoms with Crippen molar-refractivity contribution in [1.29, 1.82) is 0 Å². The number of ether oxygens (including phenoxy) is 2. The smallest absolute Gasteiger partial charge is 0.163 e. The van der Waals surface area contributed by atoms with Gasteiger partial charge in [0.1, 0.15) is 0 Å². The Bertz CT molecular complexity index is 567. The van der Waals surface area contributed by atoms with E-state index in [0.717, 1.165) is 23.7 Å². The predicted molar refractivity (Wildman–Crippen MR) is 82.7 cm³/mol. The molecular weight excluding hydrogens is 250 g/mol. The van der Waals surface area contributed by atoms with Crippen LogP contribution in [0, 0.1) is 6.92 Å². The van der Waals surface area contributed by atoms with Crippen molar-refractivity contribution in [2.75, 3.05) is 19.0 Å². The summed E-state index contributed by atoms with van der Waals surface area (Å²) in [5.41, 5.74) is 3.56. The summed E-state index contributed by atoms with van der Waals surface area (Å²) in [5, 5.41) is 3.40. The minimum absolute atomic E-state index is 0.623. The maximum Gasteiger partial charge on any atom is 0.163 e. The summed E-state index contributed by atoms with van der Waals surface area (Å²) in [7, 11) is 1.65. The highest BCUT2D eigenvalue weighted by Crippen LogP contribution is 2.30. The van der Waals surface area contributed by atoms with Crippen LogP contribution < -0.4 is 14.8 Å². The van der Waals surface area contributed by atoms with Crippen molar-refractivity contribution >= 4 is 5.69 Å². The van der Waals surface area contributed by atoms with Crippen molar-refractivity contribution in [2.45, 2.75) is 20.4 Å². The molecule has 1 N–H and O–H groups in total. The van der Waals surface area contributed by atoms with Gasteiger partial charge >= 0.3 is 0 Å². The third kappa shape index (κ3) is 3.67. The molecule has 0 spiro atoms. The Labute approximate surface area is 120 Å². The molecular formula is C17H21NO2. The quantitative estimate of drug-likeness (QED) is 0.861. The first-order valence-corrected chi connectivity index (χ1v) is 6.83. The molecule has 2 rings (SSSR count). The molecule has 0 saturated heterocycles. The second kappa shape index (κ2) is 6.85. The Hall–Kier alpha value is -2.16. The molecule has 0 fully saturated rings. The van der Waals surface area contributed by atoms with Crippen molar-refractivity contribution in [2.24, 2.45) is 0 Å². The SMILES string of the molecule is CCOc1cc(NCc2cccc(C)c2)ccc1OC. The van der Waals surface area contributed by atoms with E-state index >= 15 is 0 Å². The number of rotatable bonds is 6. The maximum absolute atomic E-state index is 5.57. The number of hydrogen-bond donors (Lipinski definition) is 1. The summed E-state index contributed by atoms with van der Waals surface area (Å²) in [6.07, 6.45) is 0. The molecule has 0 heterocycles. The van der Waals surface area contributed by atoms with Crippen molar-refractivity contribution in [1.82, 2.24) is 0 Å². The van der Waals surface area contributed by atoms with Gasteiger partial charge in [-0.25, -0.2) is 0 Å². The number of anilines is 1. The zero-order valence-corrected chi connectivity index (χ0v) is 12.3. The average molecular weight is 271 g/mol. The van der Waals surface area contributed by atoms with Gasteiger partial charge in [0.05, 0.1) is 13.7 Å². The molecule has 0 atom stereocenters. The first-order valence-electron chi connectivity index (χ1n) is 6.83. The third-order valence-corrected chi connectivity index (χ3v) is 3.04. The molecule has 0 aliphatic heterocycles. The van der Waals surface area contributed by atoms with Crippen molar-refractivity contribution in [3.05, 3.63) is 53.6 Å². The summed E-state index contributed by atoms with van der Waals surface area (Å²) >= 11 is 0. The highest BCUT2D eigenvalue weighted by atomic mass is 16.5. The molecule has 2 aromatic carbocycles. The van der Waals surface area contributed by atoms with Crippen LogP contribution in [0.3, 0.4) is 0 Å². The molecule has 0 saturated carbocycles. The van der Waals surface area contributed by atoms with E-state index in [1.807, 2.05) is 25.1 Å². The number of aryl methyl sites for hydroxylation is 1. The van der Waals surface area contributed by atoms with Crippen molar-refractivity contribution in [3.63, 3.8) is 0 Å². The van der Waals surface area contributed by atoms with E-state index < -0.39 is 0 Å². The highest BCUT2D eigenvalue weighted by molar-refractivity contribution is 5.55.